The average Bonchev–Trinajstić information content (AvgIpc) is 2.98. The molecule has 0 aliphatic heterocycles. The zero-order valence-corrected chi connectivity index (χ0v) is 12.0. The van der Waals surface area contributed by atoms with Crippen LogP contribution < -0.4 is 5.32 Å². The van der Waals surface area contributed by atoms with Crippen molar-refractivity contribution in [2.24, 2.45) is 5.92 Å². The number of amides is 1. The summed E-state index contributed by atoms with van der Waals surface area (Å²) < 4.78 is 0. The number of carbonyl (C=O) groups is 1. The molecule has 0 saturated heterocycles. The van der Waals surface area contributed by atoms with E-state index in [0.29, 0.717) is 6.54 Å². The van der Waals surface area contributed by atoms with E-state index in [1.807, 2.05) is 0 Å². The summed E-state index contributed by atoms with van der Waals surface area (Å²) in [4.78, 5) is 14.4. The summed E-state index contributed by atoms with van der Waals surface area (Å²) in [7, 11) is 0. The summed E-state index contributed by atoms with van der Waals surface area (Å²) in [6.07, 6.45) is 7.46. The SMILES string of the molecule is O=C(NCC1CCCCC1O)c1cc2c(s1)CCC2. The molecule has 0 radical (unpaired) electrons. The number of aliphatic hydroxyl groups excluding tert-OH is 1. The molecule has 2 atom stereocenters. The Morgan fingerprint density at radius 3 is 2.95 bits per heavy atom. The second-order valence-corrected chi connectivity index (χ2v) is 6.87. The highest BCUT2D eigenvalue weighted by Gasteiger charge is 2.24. The van der Waals surface area contributed by atoms with E-state index in [2.05, 4.69) is 11.4 Å². The molecule has 1 fully saturated rings. The number of carbonyl (C=O) groups excluding carboxylic acids is 1. The van der Waals surface area contributed by atoms with Crippen molar-refractivity contribution in [2.45, 2.75) is 51.0 Å². The first-order chi connectivity index (χ1) is 9.24. The van der Waals surface area contributed by atoms with Crippen molar-refractivity contribution in [3.8, 4) is 0 Å². The van der Waals surface area contributed by atoms with Gasteiger partial charge in [0, 0.05) is 17.3 Å². The van der Waals surface area contributed by atoms with Crippen molar-refractivity contribution in [2.75, 3.05) is 6.54 Å². The van der Waals surface area contributed by atoms with Crippen LogP contribution in [0.3, 0.4) is 0 Å². The maximum Gasteiger partial charge on any atom is 0.261 e. The van der Waals surface area contributed by atoms with E-state index >= 15 is 0 Å². The lowest BCUT2D eigenvalue weighted by Crippen LogP contribution is -2.36. The number of nitrogens with one attached hydrogen (secondary N) is 1. The summed E-state index contributed by atoms with van der Waals surface area (Å²) in [5, 5.41) is 12.9. The Hall–Kier alpha value is -0.870. The maximum atomic E-state index is 12.1. The number of hydrogen-bond acceptors (Lipinski definition) is 3. The first kappa shape index (κ1) is 13.1. The van der Waals surface area contributed by atoms with E-state index in [0.717, 1.165) is 37.0 Å². The monoisotopic (exact) mass is 279 g/mol. The average molecular weight is 279 g/mol. The van der Waals surface area contributed by atoms with Gasteiger partial charge in [0.2, 0.25) is 0 Å². The molecule has 2 aliphatic rings. The second-order valence-electron chi connectivity index (χ2n) is 5.73. The Labute approximate surface area is 118 Å². The highest BCUT2D eigenvalue weighted by molar-refractivity contribution is 7.14. The summed E-state index contributed by atoms with van der Waals surface area (Å²) in [6, 6.07) is 2.06. The molecular weight excluding hydrogens is 258 g/mol. The predicted octanol–water partition coefficient (Wildman–Crippen LogP) is 2.52. The molecule has 2 unspecified atom stereocenters. The number of hydrogen-bond donors (Lipinski definition) is 2. The van der Waals surface area contributed by atoms with E-state index < -0.39 is 0 Å². The van der Waals surface area contributed by atoms with Gasteiger partial charge in [-0.05, 0) is 43.7 Å². The van der Waals surface area contributed by atoms with Gasteiger partial charge in [0.05, 0.1) is 11.0 Å². The van der Waals surface area contributed by atoms with Crippen molar-refractivity contribution < 1.29 is 9.90 Å². The standard InChI is InChI=1S/C15H21NO2S/c17-12-6-2-1-4-11(12)9-16-15(18)14-8-10-5-3-7-13(10)19-14/h8,11-12,17H,1-7,9H2,(H,16,18). The molecule has 1 aromatic rings. The van der Waals surface area contributed by atoms with Gasteiger partial charge < -0.3 is 10.4 Å². The third-order valence-corrected chi connectivity index (χ3v) is 5.60. The second kappa shape index (κ2) is 5.63. The Morgan fingerprint density at radius 1 is 1.32 bits per heavy atom. The minimum absolute atomic E-state index is 0.0390. The zero-order valence-electron chi connectivity index (χ0n) is 11.2. The molecule has 1 saturated carbocycles. The molecule has 4 heteroatoms. The summed E-state index contributed by atoms with van der Waals surface area (Å²) in [5.74, 6) is 0.279. The van der Waals surface area contributed by atoms with Gasteiger partial charge >= 0.3 is 0 Å². The highest BCUT2D eigenvalue weighted by atomic mass is 32.1. The smallest absolute Gasteiger partial charge is 0.261 e. The molecule has 2 N–H and O–H groups in total. The van der Waals surface area contributed by atoms with Gasteiger partial charge in [-0.15, -0.1) is 11.3 Å². The van der Waals surface area contributed by atoms with Crippen molar-refractivity contribution in [3.63, 3.8) is 0 Å². The number of aliphatic hydroxyl groups is 1. The fourth-order valence-electron chi connectivity index (χ4n) is 3.18. The molecule has 3 rings (SSSR count). The molecule has 1 heterocycles. The van der Waals surface area contributed by atoms with Crippen LogP contribution in [-0.4, -0.2) is 23.7 Å². The zero-order chi connectivity index (χ0) is 13.2. The van der Waals surface area contributed by atoms with Crippen molar-refractivity contribution >= 4 is 17.2 Å². The number of fused-ring (bicyclic) bond motifs is 1. The van der Waals surface area contributed by atoms with E-state index in [1.165, 1.54) is 23.3 Å². The molecule has 2 aliphatic carbocycles. The van der Waals surface area contributed by atoms with Crippen molar-refractivity contribution in [1.82, 2.24) is 5.32 Å². The quantitative estimate of drug-likeness (QED) is 0.893. The normalized spacial score (nSPS) is 26.2. The predicted molar refractivity (Wildman–Crippen MR) is 76.6 cm³/mol. The fraction of sp³-hybridized carbons (Fsp3) is 0.667. The Bertz CT molecular complexity index is 447. The Balaban J connectivity index is 1.55. The first-order valence-corrected chi connectivity index (χ1v) is 8.13. The van der Waals surface area contributed by atoms with E-state index in [4.69, 9.17) is 0 Å². The molecule has 19 heavy (non-hydrogen) atoms. The topological polar surface area (TPSA) is 49.3 Å². The molecule has 1 aromatic heterocycles. The van der Waals surface area contributed by atoms with Gasteiger partial charge in [0.1, 0.15) is 0 Å². The molecular formula is C15H21NO2S. The van der Waals surface area contributed by atoms with Crippen molar-refractivity contribution in [1.29, 1.82) is 0 Å². The van der Waals surface area contributed by atoms with Crippen LogP contribution >= 0.6 is 11.3 Å². The summed E-state index contributed by atoms with van der Waals surface area (Å²) in [5.41, 5.74) is 1.37. The van der Waals surface area contributed by atoms with Crippen LogP contribution in [0.4, 0.5) is 0 Å². The molecule has 0 aromatic carbocycles. The molecule has 0 bridgehead atoms. The van der Waals surface area contributed by atoms with Crippen LogP contribution in [-0.2, 0) is 12.8 Å². The van der Waals surface area contributed by atoms with Gasteiger partial charge in [-0.3, -0.25) is 4.79 Å². The van der Waals surface area contributed by atoms with Crippen LogP contribution in [0.1, 0.15) is 52.2 Å². The van der Waals surface area contributed by atoms with E-state index in [-0.39, 0.29) is 17.9 Å². The van der Waals surface area contributed by atoms with Gasteiger partial charge in [-0.25, -0.2) is 0 Å². The fourth-order valence-corrected chi connectivity index (χ4v) is 4.35. The van der Waals surface area contributed by atoms with E-state index in [9.17, 15) is 9.90 Å². The van der Waals surface area contributed by atoms with Crippen LogP contribution in [0.25, 0.3) is 0 Å². The Morgan fingerprint density at radius 2 is 2.16 bits per heavy atom. The molecule has 1 amide bonds. The largest absolute Gasteiger partial charge is 0.393 e. The number of rotatable bonds is 3. The lowest BCUT2D eigenvalue weighted by atomic mass is 9.86. The maximum absolute atomic E-state index is 12.1. The van der Waals surface area contributed by atoms with Gasteiger partial charge in [-0.1, -0.05) is 12.8 Å². The van der Waals surface area contributed by atoms with Crippen LogP contribution in [0.5, 0.6) is 0 Å². The lowest BCUT2D eigenvalue weighted by Gasteiger charge is -2.27. The van der Waals surface area contributed by atoms with Crippen LogP contribution in [0.15, 0.2) is 6.07 Å². The van der Waals surface area contributed by atoms with Gasteiger partial charge in [-0.2, -0.15) is 0 Å². The minimum Gasteiger partial charge on any atom is -0.393 e. The number of thiophene rings is 1. The minimum atomic E-state index is -0.234. The first-order valence-electron chi connectivity index (χ1n) is 7.32. The molecule has 3 nitrogen and oxygen atoms in total. The number of aryl methyl sites for hydroxylation is 2. The highest BCUT2D eigenvalue weighted by Crippen LogP contribution is 2.30. The van der Waals surface area contributed by atoms with Gasteiger partial charge in [0.15, 0.2) is 0 Å². The summed E-state index contributed by atoms with van der Waals surface area (Å²) >= 11 is 1.64. The van der Waals surface area contributed by atoms with Crippen LogP contribution in [0, 0.1) is 5.92 Å². The van der Waals surface area contributed by atoms with Gasteiger partial charge in [0.25, 0.3) is 5.91 Å². The Kier molecular flexibility index (Phi) is 3.89. The molecule has 104 valence electrons. The van der Waals surface area contributed by atoms with E-state index in [1.54, 1.807) is 11.3 Å². The third-order valence-electron chi connectivity index (χ3n) is 4.36. The molecule has 0 spiro atoms. The lowest BCUT2D eigenvalue weighted by molar-refractivity contribution is 0.0664. The summed E-state index contributed by atoms with van der Waals surface area (Å²) in [6.45, 7) is 0.614. The van der Waals surface area contributed by atoms with Crippen molar-refractivity contribution in [3.05, 3.63) is 21.4 Å². The van der Waals surface area contributed by atoms with Crippen LogP contribution in [0.2, 0.25) is 0 Å². The third kappa shape index (κ3) is 2.84.